The van der Waals surface area contributed by atoms with E-state index in [0.29, 0.717) is 12.3 Å². The highest BCUT2D eigenvalue weighted by Gasteiger charge is 1.99. The number of hydrogen-bond acceptors (Lipinski definition) is 2. The maximum absolute atomic E-state index is 8.70. The Morgan fingerprint density at radius 3 is 2.00 bits per heavy atom. The van der Waals surface area contributed by atoms with Crippen LogP contribution < -0.4 is 4.74 Å². The van der Waals surface area contributed by atoms with Gasteiger partial charge in [-0.05, 0) is 42.5 Å². The van der Waals surface area contributed by atoms with Gasteiger partial charge in [0.1, 0.15) is 5.75 Å². The zero-order valence-corrected chi connectivity index (χ0v) is 12.7. The van der Waals surface area contributed by atoms with Crippen molar-refractivity contribution in [3.05, 3.63) is 59.9 Å². The molecule has 0 saturated heterocycles. The number of aliphatic hydroxyl groups is 1. The lowest BCUT2D eigenvalue weighted by Crippen LogP contribution is -1.97. The second-order valence-corrected chi connectivity index (χ2v) is 5.17. The van der Waals surface area contributed by atoms with Crippen LogP contribution in [-0.4, -0.2) is 18.3 Å². The van der Waals surface area contributed by atoms with E-state index < -0.39 is 0 Å². The number of benzene rings is 2. The van der Waals surface area contributed by atoms with E-state index >= 15 is 0 Å². The molecule has 0 fully saturated rings. The maximum atomic E-state index is 8.70. The van der Waals surface area contributed by atoms with Crippen molar-refractivity contribution in [2.45, 2.75) is 25.7 Å². The van der Waals surface area contributed by atoms with E-state index in [9.17, 15) is 0 Å². The fourth-order valence-corrected chi connectivity index (χ4v) is 2.23. The highest BCUT2D eigenvalue weighted by molar-refractivity contribution is 5.66. The lowest BCUT2D eigenvalue weighted by Gasteiger charge is -2.07. The minimum Gasteiger partial charge on any atom is -0.494 e. The van der Waals surface area contributed by atoms with Gasteiger partial charge in [0.15, 0.2) is 5.69 Å². The van der Waals surface area contributed by atoms with Crippen molar-refractivity contribution in [3.63, 3.8) is 0 Å². The molecule has 3 heteroatoms. The molecule has 0 unspecified atom stereocenters. The summed E-state index contributed by atoms with van der Waals surface area (Å²) in [5, 5.41) is 8.70. The lowest BCUT2D eigenvalue weighted by molar-refractivity contribution is 0.273. The molecule has 0 atom stereocenters. The van der Waals surface area contributed by atoms with Crippen LogP contribution in [0.25, 0.3) is 16.0 Å². The minimum absolute atomic E-state index is 0.277. The molecule has 114 valence electrons. The Morgan fingerprint density at radius 2 is 1.41 bits per heavy atom. The van der Waals surface area contributed by atoms with E-state index in [1.165, 1.54) is 0 Å². The molecular weight excluding hydrogens is 274 g/mol. The Labute approximate surface area is 132 Å². The largest absolute Gasteiger partial charge is 0.494 e. The van der Waals surface area contributed by atoms with Gasteiger partial charge < -0.3 is 9.84 Å². The second-order valence-electron chi connectivity index (χ2n) is 5.17. The van der Waals surface area contributed by atoms with E-state index in [4.69, 9.17) is 16.4 Å². The summed E-state index contributed by atoms with van der Waals surface area (Å²) in [6.45, 7) is 7.95. The van der Waals surface area contributed by atoms with Crippen LogP contribution in [0.3, 0.4) is 0 Å². The third-order valence-corrected chi connectivity index (χ3v) is 3.51. The first-order valence-corrected chi connectivity index (χ1v) is 7.65. The number of aliphatic hydroxyl groups excluding tert-OH is 1. The van der Waals surface area contributed by atoms with Crippen LogP contribution in [0.15, 0.2) is 48.5 Å². The van der Waals surface area contributed by atoms with E-state index in [1.807, 2.05) is 48.5 Å². The van der Waals surface area contributed by atoms with E-state index in [0.717, 1.165) is 42.6 Å². The van der Waals surface area contributed by atoms with Gasteiger partial charge in [-0.1, -0.05) is 42.8 Å². The Hall–Kier alpha value is -2.31. The van der Waals surface area contributed by atoms with E-state index in [1.54, 1.807) is 0 Å². The van der Waals surface area contributed by atoms with Gasteiger partial charge in [0, 0.05) is 6.61 Å². The fourth-order valence-electron chi connectivity index (χ4n) is 2.23. The molecule has 0 aromatic heterocycles. The Kier molecular flexibility index (Phi) is 6.47. The van der Waals surface area contributed by atoms with Gasteiger partial charge >= 0.3 is 0 Å². The average molecular weight is 295 g/mol. The van der Waals surface area contributed by atoms with Crippen LogP contribution in [0.1, 0.15) is 25.7 Å². The monoisotopic (exact) mass is 295 g/mol. The van der Waals surface area contributed by atoms with Crippen molar-refractivity contribution in [3.8, 4) is 16.9 Å². The third-order valence-electron chi connectivity index (χ3n) is 3.51. The van der Waals surface area contributed by atoms with Gasteiger partial charge in [0.05, 0.1) is 13.2 Å². The summed E-state index contributed by atoms with van der Waals surface area (Å²) in [5.41, 5.74) is 2.87. The molecule has 22 heavy (non-hydrogen) atoms. The summed E-state index contributed by atoms with van der Waals surface area (Å²) in [7, 11) is 0. The zero-order valence-electron chi connectivity index (χ0n) is 12.7. The number of unbranched alkanes of at least 4 members (excludes halogenated alkanes) is 3. The van der Waals surface area contributed by atoms with Crippen LogP contribution in [0.5, 0.6) is 5.75 Å². The second kappa shape index (κ2) is 8.86. The molecule has 0 aliphatic rings. The molecule has 0 radical (unpaired) electrons. The van der Waals surface area contributed by atoms with Gasteiger partial charge in [-0.2, -0.15) is 0 Å². The number of nitrogens with zero attached hydrogens (tertiary/aromatic N) is 1. The van der Waals surface area contributed by atoms with Crippen molar-refractivity contribution < 1.29 is 9.84 Å². The van der Waals surface area contributed by atoms with Crippen molar-refractivity contribution in [2.24, 2.45) is 0 Å². The Bertz CT molecular complexity index is 597. The van der Waals surface area contributed by atoms with Gasteiger partial charge in [0.2, 0.25) is 0 Å². The molecule has 0 aliphatic heterocycles. The molecule has 0 saturated carbocycles. The standard InChI is InChI=1S/C19H21NO2/c1-20-18-10-6-16(7-11-18)17-8-12-19(13-9-17)22-15-5-3-2-4-14-21/h6-13,21H,2-5,14-15H2. The van der Waals surface area contributed by atoms with Crippen molar-refractivity contribution in [2.75, 3.05) is 13.2 Å². The van der Waals surface area contributed by atoms with Crippen LogP contribution in [0.4, 0.5) is 5.69 Å². The molecule has 2 aromatic carbocycles. The lowest BCUT2D eigenvalue weighted by atomic mass is 10.1. The SMILES string of the molecule is [C-]#[N+]c1ccc(-c2ccc(OCCCCCCO)cc2)cc1. The van der Waals surface area contributed by atoms with E-state index in [2.05, 4.69) is 4.85 Å². The quantitative estimate of drug-likeness (QED) is 0.558. The Morgan fingerprint density at radius 1 is 0.818 bits per heavy atom. The average Bonchev–Trinajstić information content (AvgIpc) is 2.59. The first kappa shape index (κ1) is 16.1. The van der Waals surface area contributed by atoms with E-state index in [-0.39, 0.29) is 6.61 Å². The molecule has 0 spiro atoms. The molecule has 0 bridgehead atoms. The smallest absolute Gasteiger partial charge is 0.187 e. The summed E-state index contributed by atoms with van der Waals surface area (Å²) in [6, 6.07) is 15.6. The summed E-state index contributed by atoms with van der Waals surface area (Å²) in [6.07, 6.45) is 4.03. The molecule has 2 aromatic rings. The fraction of sp³-hybridized carbons (Fsp3) is 0.316. The third kappa shape index (κ3) is 4.91. The van der Waals surface area contributed by atoms with Gasteiger partial charge in [0.25, 0.3) is 0 Å². The normalized spacial score (nSPS) is 10.2. The van der Waals surface area contributed by atoms with Crippen LogP contribution in [0, 0.1) is 6.57 Å². The van der Waals surface area contributed by atoms with Crippen LogP contribution in [-0.2, 0) is 0 Å². The first-order valence-electron chi connectivity index (χ1n) is 7.65. The van der Waals surface area contributed by atoms with Crippen molar-refractivity contribution in [1.29, 1.82) is 0 Å². The highest BCUT2D eigenvalue weighted by atomic mass is 16.5. The highest BCUT2D eigenvalue weighted by Crippen LogP contribution is 2.24. The molecule has 2 rings (SSSR count). The number of rotatable bonds is 8. The summed E-state index contributed by atoms with van der Waals surface area (Å²) in [4.78, 5) is 3.40. The zero-order chi connectivity index (χ0) is 15.6. The predicted molar refractivity (Wildman–Crippen MR) is 89.2 cm³/mol. The van der Waals surface area contributed by atoms with Crippen LogP contribution >= 0.6 is 0 Å². The summed E-state index contributed by atoms with van der Waals surface area (Å²) >= 11 is 0. The Balaban J connectivity index is 1.83. The predicted octanol–water partition coefficient (Wildman–Crippen LogP) is 4.84. The van der Waals surface area contributed by atoms with Gasteiger partial charge in [-0.25, -0.2) is 4.85 Å². The van der Waals surface area contributed by atoms with Gasteiger partial charge in [-0.15, -0.1) is 0 Å². The van der Waals surface area contributed by atoms with Gasteiger partial charge in [-0.3, -0.25) is 0 Å². The van der Waals surface area contributed by atoms with Crippen molar-refractivity contribution >= 4 is 5.69 Å². The topological polar surface area (TPSA) is 33.8 Å². The number of ether oxygens (including phenoxy) is 1. The van der Waals surface area contributed by atoms with Crippen molar-refractivity contribution in [1.82, 2.24) is 0 Å². The minimum atomic E-state index is 0.277. The first-order chi connectivity index (χ1) is 10.8. The maximum Gasteiger partial charge on any atom is 0.187 e. The molecular formula is C19H21NO2. The molecule has 3 nitrogen and oxygen atoms in total. The summed E-state index contributed by atoms with van der Waals surface area (Å²) in [5.74, 6) is 0.878. The molecule has 0 aliphatic carbocycles. The number of hydrogen-bond donors (Lipinski definition) is 1. The molecule has 0 amide bonds. The molecule has 0 heterocycles. The summed E-state index contributed by atoms with van der Waals surface area (Å²) < 4.78 is 5.71. The van der Waals surface area contributed by atoms with Crippen LogP contribution in [0.2, 0.25) is 0 Å². The molecule has 1 N–H and O–H groups in total.